The molecule has 1 atom stereocenters. The van der Waals surface area contributed by atoms with Crippen LogP contribution in [0.1, 0.15) is 28.4 Å². The molecule has 12 nitrogen and oxygen atoms in total. The van der Waals surface area contributed by atoms with Gasteiger partial charge in [-0.05, 0) is 35.9 Å². The Hall–Kier alpha value is -6.04. The molecule has 0 saturated heterocycles. The summed E-state index contributed by atoms with van der Waals surface area (Å²) in [6, 6.07) is 14.4. The molecule has 6 rings (SSSR count). The second-order valence-corrected chi connectivity index (χ2v) is 9.31. The summed E-state index contributed by atoms with van der Waals surface area (Å²) < 4.78 is 11.0. The van der Waals surface area contributed by atoms with Crippen LogP contribution in [0.25, 0.3) is 22.3 Å². The van der Waals surface area contributed by atoms with E-state index in [0.717, 1.165) is 35.9 Å². The van der Waals surface area contributed by atoms with E-state index in [1.54, 1.807) is 12.1 Å². The van der Waals surface area contributed by atoms with E-state index in [-0.39, 0.29) is 74.6 Å². The molecule has 0 spiro atoms. The first-order valence-corrected chi connectivity index (χ1v) is 12.2. The summed E-state index contributed by atoms with van der Waals surface area (Å²) in [6.07, 6.45) is -0.410. The van der Waals surface area contributed by atoms with Crippen molar-refractivity contribution < 1.29 is 54.8 Å². The number of carbonyl (C=O) groups excluding carboxylic acids is 1. The molecular weight excluding hydrogens is 552 g/mol. The SMILES string of the molecule is O=C1C[C@@H](c2ccc(O)cc2)Oc2cc(O)cc(O)c21.O=c1c(O)c(-c2ccc(O)c(O)c2)oc2cc(O)cc(O)c12. The molecule has 0 bridgehead atoms. The van der Waals surface area contributed by atoms with Gasteiger partial charge in [0.05, 0.1) is 6.42 Å². The molecule has 2 heterocycles. The Morgan fingerprint density at radius 2 is 1.31 bits per heavy atom. The molecule has 8 N–H and O–H groups in total. The van der Waals surface area contributed by atoms with Crippen LogP contribution in [0.3, 0.4) is 0 Å². The number of benzene rings is 4. The summed E-state index contributed by atoms with van der Waals surface area (Å²) in [5, 5.41) is 76.1. The first kappa shape index (κ1) is 27.5. The Labute approximate surface area is 235 Å². The fraction of sp³-hybridized carbons (Fsp3) is 0.0667. The number of ether oxygens (including phenoxy) is 1. The van der Waals surface area contributed by atoms with Gasteiger partial charge in [-0.25, -0.2) is 0 Å². The third-order valence-electron chi connectivity index (χ3n) is 6.42. The van der Waals surface area contributed by atoms with E-state index in [1.807, 2.05) is 0 Å². The standard InChI is InChI=1S/C15H10O7.C15H12O5/c16-7-4-10(19)12-11(5-7)22-15(14(21)13(12)20)6-1-2-8(17)9(18)3-6;16-9-3-1-8(2-4-9)13-7-12(19)15-11(18)5-10(17)6-14(15)20-13/h1-5,16-19,21H;1-6,13,16-18H,7H2/t;13-/m.0/s1. The number of phenolic OH excluding ortho intramolecular Hbond substituents is 7. The van der Waals surface area contributed by atoms with Gasteiger partial charge in [0, 0.05) is 29.8 Å². The van der Waals surface area contributed by atoms with Crippen molar-refractivity contribution in [1.82, 2.24) is 0 Å². The summed E-state index contributed by atoms with van der Waals surface area (Å²) in [5.74, 6) is -3.12. The van der Waals surface area contributed by atoms with Crippen molar-refractivity contribution in [2.24, 2.45) is 0 Å². The Morgan fingerprint density at radius 1 is 0.643 bits per heavy atom. The van der Waals surface area contributed by atoms with Crippen molar-refractivity contribution in [3.8, 4) is 63.1 Å². The fourth-order valence-electron chi connectivity index (χ4n) is 4.44. The molecule has 5 aromatic rings. The predicted molar refractivity (Wildman–Crippen MR) is 146 cm³/mol. The van der Waals surface area contributed by atoms with Crippen LogP contribution in [-0.4, -0.2) is 46.6 Å². The Bertz CT molecular complexity index is 1910. The minimum Gasteiger partial charge on any atom is -0.508 e. The van der Waals surface area contributed by atoms with E-state index in [2.05, 4.69) is 0 Å². The van der Waals surface area contributed by atoms with Gasteiger partial charge in [-0.3, -0.25) is 9.59 Å². The molecular formula is C30H22O12. The summed E-state index contributed by atoms with van der Waals surface area (Å²) >= 11 is 0. The number of phenols is 7. The van der Waals surface area contributed by atoms with Crippen molar-refractivity contribution in [3.05, 3.63) is 88.1 Å². The fourth-order valence-corrected chi connectivity index (χ4v) is 4.44. The van der Waals surface area contributed by atoms with Gasteiger partial charge in [0.1, 0.15) is 57.1 Å². The topological polar surface area (TPSA) is 218 Å². The van der Waals surface area contributed by atoms with E-state index in [9.17, 15) is 50.4 Å². The summed E-state index contributed by atoms with van der Waals surface area (Å²) in [4.78, 5) is 24.2. The molecule has 1 aromatic heterocycles. The van der Waals surface area contributed by atoms with Crippen molar-refractivity contribution in [3.63, 3.8) is 0 Å². The van der Waals surface area contributed by atoms with Crippen LogP contribution in [0.4, 0.5) is 0 Å². The zero-order valence-electron chi connectivity index (χ0n) is 21.3. The molecule has 0 radical (unpaired) electrons. The van der Waals surface area contributed by atoms with Gasteiger partial charge < -0.3 is 50.0 Å². The van der Waals surface area contributed by atoms with Gasteiger partial charge in [0.15, 0.2) is 23.0 Å². The lowest BCUT2D eigenvalue weighted by Gasteiger charge is -2.26. The number of Topliss-reactive ketones (excluding diaryl/α,β-unsaturated/α-hetero) is 1. The van der Waals surface area contributed by atoms with E-state index < -0.39 is 28.8 Å². The first-order chi connectivity index (χ1) is 19.9. The summed E-state index contributed by atoms with van der Waals surface area (Å²) in [5.41, 5.74) is -0.0544. The number of carbonyl (C=O) groups is 1. The van der Waals surface area contributed by atoms with E-state index >= 15 is 0 Å². The molecule has 0 unspecified atom stereocenters. The van der Waals surface area contributed by atoms with Crippen LogP contribution in [-0.2, 0) is 0 Å². The molecule has 0 aliphatic carbocycles. The molecule has 0 fully saturated rings. The molecule has 4 aromatic carbocycles. The highest BCUT2D eigenvalue weighted by atomic mass is 16.5. The lowest BCUT2D eigenvalue weighted by molar-refractivity contribution is 0.0845. The van der Waals surface area contributed by atoms with E-state index in [1.165, 1.54) is 24.3 Å². The van der Waals surface area contributed by atoms with Gasteiger partial charge in [0.25, 0.3) is 0 Å². The molecule has 0 saturated carbocycles. The number of fused-ring (bicyclic) bond motifs is 2. The molecule has 1 aliphatic rings. The lowest BCUT2D eigenvalue weighted by Crippen LogP contribution is -2.20. The van der Waals surface area contributed by atoms with Gasteiger partial charge >= 0.3 is 0 Å². The minimum absolute atomic E-state index is 0.0934. The second kappa shape index (κ2) is 10.5. The Kier molecular flexibility index (Phi) is 6.88. The molecule has 1 aliphatic heterocycles. The number of aromatic hydroxyl groups is 8. The Morgan fingerprint density at radius 3 is 2.00 bits per heavy atom. The zero-order chi connectivity index (χ0) is 30.3. The normalized spacial score (nSPS) is 14.0. The monoisotopic (exact) mass is 574 g/mol. The third-order valence-corrected chi connectivity index (χ3v) is 6.42. The van der Waals surface area contributed by atoms with Crippen LogP contribution in [0, 0.1) is 0 Å². The predicted octanol–water partition coefficient (Wildman–Crippen LogP) is 4.50. The van der Waals surface area contributed by atoms with Crippen molar-refractivity contribution >= 4 is 16.8 Å². The van der Waals surface area contributed by atoms with Crippen molar-refractivity contribution in [2.45, 2.75) is 12.5 Å². The van der Waals surface area contributed by atoms with Crippen molar-refractivity contribution in [2.75, 3.05) is 0 Å². The highest BCUT2D eigenvalue weighted by Gasteiger charge is 2.30. The van der Waals surface area contributed by atoms with E-state index in [4.69, 9.17) is 9.15 Å². The maximum Gasteiger partial charge on any atom is 0.238 e. The highest BCUT2D eigenvalue weighted by molar-refractivity contribution is 6.02. The van der Waals surface area contributed by atoms with Gasteiger partial charge in [0.2, 0.25) is 11.2 Å². The quantitative estimate of drug-likeness (QED) is 0.137. The zero-order valence-corrected chi connectivity index (χ0v) is 21.3. The maximum atomic E-state index is 12.1. The summed E-state index contributed by atoms with van der Waals surface area (Å²) in [7, 11) is 0. The van der Waals surface area contributed by atoms with Crippen LogP contribution < -0.4 is 10.2 Å². The van der Waals surface area contributed by atoms with Gasteiger partial charge in [-0.1, -0.05) is 12.1 Å². The second-order valence-electron chi connectivity index (χ2n) is 9.31. The average Bonchev–Trinajstić information content (AvgIpc) is 2.92. The number of hydrogen-bond donors (Lipinski definition) is 8. The summed E-state index contributed by atoms with van der Waals surface area (Å²) in [6.45, 7) is 0. The highest BCUT2D eigenvalue weighted by Crippen LogP contribution is 2.42. The largest absolute Gasteiger partial charge is 0.508 e. The van der Waals surface area contributed by atoms with Crippen LogP contribution in [0.2, 0.25) is 0 Å². The molecule has 12 heteroatoms. The van der Waals surface area contributed by atoms with E-state index in [0.29, 0.717) is 0 Å². The first-order valence-electron chi connectivity index (χ1n) is 12.2. The van der Waals surface area contributed by atoms with Crippen LogP contribution in [0.15, 0.2) is 75.9 Å². The van der Waals surface area contributed by atoms with Crippen molar-refractivity contribution in [1.29, 1.82) is 0 Å². The molecule has 42 heavy (non-hydrogen) atoms. The van der Waals surface area contributed by atoms with Gasteiger partial charge in [-0.15, -0.1) is 0 Å². The maximum absolute atomic E-state index is 12.1. The van der Waals surface area contributed by atoms with Crippen LogP contribution >= 0.6 is 0 Å². The molecule has 0 amide bonds. The number of rotatable bonds is 2. The minimum atomic E-state index is -0.888. The Balaban J connectivity index is 0.000000169. The number of hydrogen-bond acceptors (Lipinski definition) is 12. The lowest BCUT2D eigenvalue weighted by atomic mass is 9.95. The smallest absolute Gasteiger partial charge is 0.238 e. The third kappa shape index (κ3) is 5.11. The number of ketones is 1. The van der Waals surface area contributed by atoms with Gasteiger partial charge in [-0.2, -0.15) is 0 Å². The van der Waals surface area contributed by atoms with Crippen LogP contribution in [0.5, 0.6) is 51.7 Å². The molecule has 214 valence electrons. The average molecular weight is 574 g/mol.